The van der Waals surface area contributed by atoms with E-state index in [9.17, 15) is 9.59 Å². The summed E-state index contributed by atoms with van der Waals surface area (Å²) in [5, 5.41) is 8.34. The summed E-state index contributed by atoms with van der Waals surface area (Å²) in [6.45, 7) is 10.7. The number of nitrogens with one attached hydrogen (secondary N) is 1. The number of nitrogens with zero attached hydrogens (tertiary/aromatic N) is 3. The number of hydrogen-bond donors (Lipinski definition) is 1. The van der Waals surface area contributed by atoms with E-state index in [0.717, 1.165) is 53.2 Å². The van der Waals surface area contributed by atoms with E-state index in [2.05, 4.69) is 17.3 Å². The molecule has 1 aliphatic heterocycles. The number of piperidine rings is 1. The van der Waals surface area contributed by atoms with Crippen molar-refractivity contribution in [3.05, 3.63) is 75.1 Å². The highest BCUT2D eigenvalue weighted by Crippen LogP contribution is 2.25. The number of amides is 2. The minimum absolute atomic E-state index is 0.0630. The van der Waals surface area contributed by atoms with Crippen LogP contribution in [-0.4, -0.2) is 39.1 Å². The van der Waals surface area contributed by atoms with Gasteiger partial charge in [0.05, 0.1) is 17.8 Å². The molecular formula is C28H33ClN4O2. The lowest BCUT2D eigenvalue weighted by Crippen LogP contribution is -2.42. The van der Waals surface area contributed by atoms with E-state index in [1.807, 2.05) is 73.7 Å². The molecule has 184 valence electrons. The van der Waals surface area contributed by atoms with Crippen LogP contribution < -0.4 is 5.32 Å². The molecule has 1 aromatic heterocycles. The molecule has 0 saturated carbocycles. The van der Waals surface area contributed by atoms with Crippen molar-refractivity contribution in [1.82, 2.24) is 14.7 Å². The first-order valence-corrected chi connectivity index (χ1v) is 12.6. The molecule has 0 aliphatic carbocycles. The Morgan fingerprint density at radius 1 is 1.06 bits per heavy atom. The molecule has 2 aromatic carbocycles. The second-order valence-electron chi connectivity index (χ2n) is 9.59. The van der Waals surface area contributed by atoms with Crippen LogP contribution in [-0.2, 0) is 11.2 Å². The number of benzene rings is 2. The van der Waals surface area contributed by atoms with E-state index in [0.29, 0.717) is 16.3 Å². The molecule has 0 spiro atoms. The SMILES string of the molecule is Cc1ccc(-n2nc(C)c(CC(=O)Nc3ccc(C(=O)N4CCCCC4C)cc3C)c2C)cc1Cl. The molecular weight excluding hydrogens is 460 g/mol. The minimum Gasteiger partial charge on any atom is -0.336 e. The molecule has 1 saturated heterocycles. The molecule has 0 bridgehead atoms. The highest BCUT2D eigenvalue weighted by molar-refractivity contribution is 6.31. The number of aryl methyl sites for hydroxylation is 3. The van der Waals surface area contributed by atoms with E-state index < -0.39 is 0 Å². The quantitative estimate of drug-likeness (QED) is 0.478. The molecule has 2 amide bonds. The summed E-state index contributed by atoms with van der Waals surface area (Å²) < 4.78 is 1.83. The van der Waals surface area contributed by atoms with E-state index in [4.69, 9.17) is 11.6 Å². The average molecular weight is 493 g/mol. The average Bonchev–Trinajstić information content (AvgIpc) is 3.10. The molecule has 1 N–H and O–H groups in total. The van der Waals surface area contributed by atoms with Gasteiger partial charge in [-0.25, -0.2) is 4.68 Å². The van der Waals surface area contributed by atoms with Gasteiger partial charge in [0.1, 0.15) is 0 Å². The fraction of sp³-hybridized carbons (Fsp3) is 0.393. The van der Waals surface area contributed by atoms with Gasteiger partial charge < -0.3 is 10.2 Å². The van der Waals surface area contributed by atoms with Crippen molar-refractivity contribution in [3.8, 4) is 5.69 Å². The van der Waals surface area contributed by atoms with Gasteiger partial charge in [-0.3, -0.25) is 9.59 Å². The van der Waals surface area contributed by atoms with E-state index in [1.54, 1.807) is 0 Å². The third kappa shape index (κ3) is 5.27. The van der Waals surface area contributed by atoms with Crippen LogP contribution in [0.15, 0.2) is 36.4 Å². The standard InChI is InChI=1S/C28H33ClN4O2/c1-17-9-11-23(15-25(17)29)33-21(5)24(20(4)31-33)16-27(34)30-26-12-10-22(14-18(26)2)28(35)32-13-7-6-8-19(32)3/h9-12,14-15,19H,6-8,13,16H2,1-5H3,(H,30,34). The molecule has 6 nitrogen and oxygen atoms in total. The largest absolute Gasteiger partial charge is 0.336 e. The highest BCUT2D eigenvalue weighted by Gasteiger charge is 2.24. The van der Waals surface area contributed by atoms with Crippen molar-refractivity contribution in [1.29, 1.82) is 0 Å². The first-order chi connectivity index (χ1) is 16.7. The second kappa shape index (κ2) is 10.2. The minimum atomic E-state index is -0.121. The number of carbonyl (C=O) groups excluding carboxylic acids is 2. The van der Waals surface area contributed by atoms with Crippen molar-refractivity contribution in [2.45, 2.75) is 66.3 Å². The molecule has 35 heavy (non-hydrogen) atoms. The van der Waals surface area contributed by atoms with Crippen molar-refractivity contribution < 1.29 is 9.59 Å². The number of halogens is 1. The van der Waals surface area contributed by atoms with Crippen molar-refractivity contribution in [2.75, 3.05) is 11.9 Å². The zero-order valence-corrected chi connectivity index (χ0v) is 21.9. The molecule has 1 unspecified atom stereocenters. The second-order valence-corrected chi connectivity index (χ2v) is 10.00. The predicted molar refractivity (Wildman–Crippen MR) is 141 cm³/mol. The summed E-state index contributed by atoms with van der Waals surface area (Å²) in [6, 6.07) is 11.6. The van der Waals surface area contributed by atoms with Crippen molar-refractivity contribution in [2.24, 2.45) is 0 Å². The number of rotatable bonds is 5. The molecule has 2 heterocycles. The monoisotopic (exact) mass is 492 g/mol. The Morgan fingerprint density at radius 3 is 2.51 bits per heavy atom. The fourth-order valence-electron chi connectivity index (χ4n) is 4.75. The van der Waals surface area contributed by atoms with Gasteiger partial charge >= 0.3 is 0 Å². The molecule has 1 atom stereocenters. The Balaban J connectivity index is 1.47. The lowest BCUT2D eigenvalue weighted by atomic mass is 10.0. The van der Waals surface area contributed by atoms with E-state index in [-0.39, 0.29) is 24.3 Å². The Labute approximate surface area is 212 Å². The Morgan fingerprint density at radius 2 is 1.83 bits per heavy atom. The molecule has 0 radical (unpaired) electrons. The molecule has 4 rings (SSSR count). The Bertz CT molecular complexity index is 1280. The van der Waals surface area contributed by atoms with Gasteiger partial charge in [-0.2, -0.15) is 5.10 Å². The van der Waals surface area contributed by atoms with Gasteiger partial charge in [0.15, 0.2) is 0 Å². The van der Waals surface area contributed by atoms with Crippen LogP contribution in [0.4, 0.5) is 5.69 Å². The smallest absolute Gasteiger partial charge is 0.254 e. The lowest BCUT2D eigenvalue weighted by Gasteiger charge is -2.33. The van der Waals surface area contributed by atoms with Crippen LogP contribution in [0.2, 0.25) is 5.02 Å². The molecule has 7 heteroatoms. The maximum Gasteiger partial charge on any atom is 0.254 e. The first kappa shape index (κ1) is 25.0. The summed E-state index contributed by atoms with van der Waals surface area (Å²) in [7, 11) is 0. The summed E-state index contributed by atoms with van der Waals surface area (Å²) in [5.41, 5.74) is 6.73. The Kier molecular flexibility index (Phi) is 7.31. The molecule has 3 aromatic rings. The predicted octanol–water partition coefficient (Wildman–Crippen LogP) is 5.96. The fourth-order valence-corrected chi connectivity index (χ4v) is 4.93. The zero-order valence-electron chi connectivity index (χ0n) is 21.1. The maximum absolute atomic E-state index is 13.0. The van der Waals surface area contributed by atoms with Crippen LogP contribution in [0.25, 0.3) is 5.69 Å². The van der Waals surface area contributed by atoms with Crippen molar-refractivity contribution >= 4 is 29.1 Å². The summed E-state index contributed by atoms with van der Waals surface area (Å²) in [5.74, 6) is -0.0578. The van der Waals surface area contributed by atoms with Gasteiger partial charge in [-0.15, -0.1) is 0 Å². The molecule has 1 aliphatic rings. The highest BCUT2D eigenvalue weighted by atomic mass is 35.5. The van der Waals surface area contributed by atoms with Gasteiger partial charge in [0, 0.05) is 40.1 Å². The Hall–Kier alpha value is -3.12. The van der Waals surface area contributed by atoms with Crippen LogP contribution >= 0.6 is 11.6 Å². The number of anilines is 1. The van der Waals surface area contributed by atoms with Crippen LogP contribution in [0, 0.1) is 27.7 Å². The third-order valence-corrected chi connectivity index (χ3v) is 7.40. The summed E-state index contributed by atoms with van der Waals surface area (Å²) in [4.78, 5) is 27.9. The summed E-state index contributed by atoms with van der Waals surface area (Å²) in [6.07, 6.45) is 3.48. The van der Waals surface area contributed by atoms with Gasteiger partial charge in [0.2, 0.25) is 5.91 Å². The number of likely N-dealkylation sites (tertiary alicyclic amines) is 1. The van der Waals surface area contributed by atoms with Gasteiger partial charge in [0.25, 0.3) is 5.91 Å². The van der Waals surface area contributed by atoms with Gasteiger partial charge in [-0.1, -0.05) is 17.7 Å². The number of aromatic nitrogens is 2. The first-order valence-electron chi connectivity index (χ1n) is 12.2. The van der Waals surface area contributed by atoms with Crippen molar-refractivity contribution in [3.63, 3.8) is 0 Å². The van der Waals surface area contributed by atoms with Crippen LogP contribution in [0.5, 0.6) is 0 Å². The number of carbonyl (C=O) groups is 2. The molecule has 1 fully saturated rings. The number of hydrogen-bond acceptors (Lipinski definition) is 3. The third-order valence-electron chi connectivity index (χ3n) is 6.99. The van der Waals surface area contributed by atoms with Crippen LogP contribution in [0.3, 0.4) is 0 Å². The van der Waals surface area contributed by atoms with E-state index >= 15 is 0 Å². The maximum atomic E-state index is 13.0. The van der Waals surface area contributed by atoms with E-state index in [1.165, 1.54) is 6.42 Å². The topological polar surface area (TPSA) is 67.2 Å². The van der Waals surface area contributed by atoms with Crippen LogP contribution in [0.1, 0.15) is 64.6 Å². The van der Waals surface area contributed by atoms with Gasteiger partial charge in [-0.05, 0) is 95.3 Å². The zero-order chi connectivity index (χ0) is 25.3. The lowest BCUT2D eigenvalue weighted by molar-refractivity contribution is -0.115. The normalized spacial score (nSPS) is 15.8. The summed E-state index contributed by atoms with van der Waals surface area (Å²) >= 11 is 6.30.